The Kier molecular flexibility index (Phi) is 6.37. The fourth-order valence-corrected chi connectivity index (χ4v) is 4.28. The molecule has 0 heterocycles. The minimum absolute atomic E-state index is 0.00846. The number of benzene rings is 1. The van der Waals surface area contributed by atoms with E-state index in [1.165, 1.54) is 10.7 Å². The number of carbonyl (C=O) groups is 1. The summed E-state index contributed by atoms with van der Waals surface area (Å²) >= 11 is 0. The molecule has 0 atom stereocenters. The molecule has 0 radical (unpaired) electrons. The van der Waals surface area contributed by atoms with Crippen LogP contribution in [0.4, 0.5) is 5.69 Å². The van der Waals surface area contributed by atoms with Gasteiger partial charge in [-0.05, 0) is 36.0 Å². The summed E-state index contributed by atoms with van der Waals surface area (Å²) in [5.74, 6) is -0.151. The molecule has 1 aromatic rings. The van der Waals surface area contributed by atoms with Crippen LogP contribution in [0.2, 0.25) is 0 Å². The summed E-state index contributed by atoms with van der Waals surface area (Å²) < 4.78 is 25.8. The van der Waals surface area contributed by atoms with E-state index in [0.29, 0.717) is 5.69 Å². The van der Waals surface area contributed by atoms with Gasteiger partial charge in [-0.15, -0.1) is 0 Å². The molecule has 6 heteroatoms. The Bertz CT molecular complexity index is 714. The highest BCUT2D eigenvalue weighted by Gasteiger charge is 2.27. The lowest BCUT2D eigenvalue weighted by Gasteiger charge is -2.33. The van der Waals surface area contributed by atoms with Crippen molar-refractivity contribution >= 4 is 21.6 Å². The van der Waals surface area contributed by atoms with E-state index in [4.69, 9.17) is 0 Å². The summed E-state index contributed by atoms with van der Waals surface area (Å²) in [4.78, 5) is 14.5. The molecule has 1 saturated carbocycles. The normalized spacial score (nSPS) is 16.3. The first-order valence-electron chi connectivity index (χ1n) is 9.34. The second kappa shape index (κ2) is 7.99. The number of hydrogen-bond donors (Lipinski definition) is 0. The zero-order valence-corrected chi connectivity index (χ0v) is 17.5. The average molecular weight is 381 g/mol. The Morgan fingerprint density at radius 1 is 1.08 bits per heavy atom. The standard InChI is InChI=1S/C20H32N2O3S/c1-20(2,3)16-11-13-18(14-12-16)22(26(5,24)25)15-19(23)21(4)17-9-7-6-8-10-17/h11-14,17H,6-10,15H2,1-5H3. The number of sulfonamides is 1. The molecule has 0 aromatic heterocycles. The first kappa shape index (κ1) is 20.7. The van der Waals surface area contributed by atoms with E-state index in [1.54, 1.807) is 24.1 Å². The largest absolute Gasteiger partial charge is 0.341 e. The molecule has 1 aliphatic rings. The summed E-state index contributed by atoms with van der Waals surface area (Å²) in [5.41, 5.74) is 1.65. The van der Waals surface area contributed by atoms with E-state index in [9.17, 15) is 13.2 Å². The summed E-state index contributed by atoms with van der Waals surface area (Å²) in [6.07, 6.45) is 6.63. The Hall–Kier alpha value is -1.56. The Balaban J connectivity index is 2.19. The molecule has 2 rings (SSSR count). The van der Waals surface area contributed by atoms with E-state index in [-0.39, 0.29) is 23.9 Å². The first-order valence-corrected chi connectivity index (χ1v) is 11.2. The molecule has 0 saturated heterocycles. The maximum absolute atomic E-state index is 12.7. The Labute approximate surface area is 158 Å². The second-order valence-electron chi connectivity index (χ2n) is 8.36. The second-order valence-corrected chi connectivity index (χ2v) is 10.3. The lowest BCUT2D eigenvalue weighted by atomic mass is 9.87. The van der Waals surface area contributed by atoms with Crippen LogP contribution < -0.4 is 4.31 Å². The number of likely N-dealkylation sites (N-methyl/N-ethyl adjacent to an activating group) is 1. The third-order valence-electron chi connectivity index (χ3n) is 5.22. The van der Waals surface area contributed by atoms with Crippen molar-refractivity contribution < 1.29 is 13.2 Å². The van der Waals surface area contributed by atoms with Gasteiger partial charge in [-0.25, -0.2) is 8.42 Å². The number of nitrogens with zero attached hydrogens (tertiary/aromatic N) is 2. The lowest BCUT2D eigenvalue weighted by molar-refractivity contribution is -0.130. The third-order valence-corrected chi connectivity index (χ3v) is 6.36. The third kappa shape index (κ3) is 5.22. The molecule has 1 amide bonds. The SMILES string of the molecule is CN(C(=O)CN(c1ccc(C(C)(C)C)cc1)S(C)(=O)=O)C1CCCCC1. The molecule has 1 fully saturated rings. The minimum atomic E-state index is -3.54. The quantitative estimate of drug-likeness (QED) is 0.785. The van der Waals surface area contributed by atoms with Gasteiger partial charge in [-0.3, -0.25) is 9.10 Å². The summed E-state index contributed by atoms with van der Waals surface area (Å²) in [5, 5.41) is 0. The first-order chi connectivity index (χ1) is 12.0. The average Bonchev–Trinajstić information content (AvgIpc) is 2.58. The van der Waals surface area contributed by atoms with Crippen LogP contribution in [-0.4, -0.2) is 45.1 Å². The van der Waals surface area contributed by atoms with Crippen molar-refractivity contribution in [2.24, 2.45) is 0 Å². The highest BCUT2D eigenvalue weighted by molar-refractivity contribution is 7.92. The number of hydrogen-bond acceptors (Lipinski definition) is 3. The number of rotatable bonds is 5. The van der Waals surface area contributed by atoms with Crippen LogP contribution in [-0.2, 0) is 20.2 Å². The molecule has 146 valence electrons. The Morgan fingerprint density at radius 2 is 1.62 bits per heavy atom. The van der Waals surface area contributed by atoms with Crippen LogP contribution >= 0.6 is 0 Å². The molecule has 0 unspecified atom stereocenters. The molecule has 26 heavy (non-hydrogen) atoms. The highest BCUT2D eigenvalue weighted by atomic mass is 32.2. The number of anilines is 1. The molecule has 0 aliphatic heterocycles. The smallest absolute Gasteiger partial charge is 0.243 e. The molecular weight excluding hydrogens is 348 g/mol. The topological polar surface area (TPSA) is 57.7 Å². The van der Waals surface area contributed by atoms with Crippen molar-refractivity contribution in [3.8, 4) is 0 Å². The maximum Gasteiger partial charge on any atom is 0.243 e. The van der Waals surface area contributed by atoms with Gasteiger partial charge in [0.1, 0.15) is 6.54 Å². The fraction of sp³-hybridized carbons (Fsp3) is 0.650. The van der Waals surface area contributed by atoms with E-state index < -0.39 is 10.0 Å². The summed E-state index contributed by atoms with van der Waals surface area (Å²) in [6.45, 7) is 6.18. The van der Waals surface area contributed by atoms with Crippen molar-refractivity contribution in [3.05, 3.63) is 29.8 Å². The van der Waals surface area contributed by atoms with Crippen LogP contribution in [0.1, 0.15) is 58.4 Å². The number of carbonyl (C=O) groups excluding carboxylic acids is 1. The van der Waals surface area contributed by atoms with E-state index in [0.717, 1.165) is 37.5 Å². The van der Waals surface area contributed by atoms with Crippen molar-refractivity contribution in [2.45, 2.75) is 64.3 Å². The van der Waals surface area contributed by atoms with Crippen LogP contribution in [0.25, 0.3) is 0 Å². The maximum atomic E-state index is 12.7. The van der Waals surface area contributed by atoms with Gasteiger partial charge < -0.3 is 4.90 Å². The van der Waals surface area contributed by atoms with Gasteiger partial charge in [0.15, 0.2) is 0 Å². The zero-order chi connectivity index (χ0) is 19.5. The highest BCUT2D eigenvalue weighted by Crippen LogP contribution is 2.26. The summed E-state index contributed by atoms with van der Waals surface area (Å²) in [7, 11) is -1.75. The molecule has 5 nitrogen and oxygen atoms in total. The molecular formula is C20H32N2O3S. The van der Waals surface area contributed by atoms with Crippen LogP contribution in [0.15, 0.2) is 24.3 Å². The van der Waals surface area contributed by atoms with Gasteiger partial charge in [0.25, 0.3) is 0 Å². The monoisotopic (exact) mass is 380 g/mol. The van der Waals surface area contributed by atoms with Crippen molar-refractivity contribution in [3.63, 3.8) is 0 Å². The fourth-order valence-electron chi connectivity index (χ4n) is 3.43. The van der Waals surface area contributed by atoms with Gasteiger partial charge in [0.2, 0.25) is 15.9 Å². The van der Waals surface area contributed by atoms with Gasteiger partial charge in [-0.1, -0.05) is 52.2 Å². The molecule has 0 bridgehead atoms. The van der Waals surface area contributed by atoms with Gasteiger partial charge >= 0.3 is 0 Å². The van der Waals surface area contributed by atoms with Crippen molar-refractivity contribution in [1.29, 1.82) is 0 Å². The molecule has 1 aliphatic carbocycles. The molecule has 1 aromatic carbocycles. The minimum Gasteiger partial charge on any atom is -0.341 e. The van der Waals surface area contributed by atoms with Crippen LogP contribution in [0, 0.1) is 0 Å². The van der Waals surface area contributed by atoms with Crippen molar-refractivity contribution in [2.75, 3.05) is 24.2 Å². The number of amides is 1. The lowest BCUT2D eigenvalue weighted by Crippen LogP contribution is -2.45. The summed E-state index contributed by atoms with van der Waals surface area (Å²) in [6, 6.07) is 7.66. The predicted octanol–water partition coefficient (Wildman–Crippen LogP) is 3.54. The van der Waals surface area contributed by atoms with E-state index in [1.807, 2.05) is 12.1 Å². The van der Waals surface area contributed by atoms with Gasteiger partial charge in [0, 0.05) is 13.1 Å². The van der Waals surface area contributed by atoms with Crippen molar-refractivity contribution in [1.82, 2.24) is 4.90 Å². The zero-order valence-electron chi connectivity index (χ0n) is 16.7. The van der Waals surface area contributed by atoms with Gasteiger partial charge in [-0.2, -0.15) is 0 Å². The molecule has 0 spiro atoms. The molecule has 0 N–H and O–H groups in total. The van der Waals surface area contributed by atoms with Gasteiger partial charge in [0.05, 0.1) is 11.9 Å². The van der Waals surface area contributed by atoms with Crippen LogP contribution in [0.3, 0.4) is 0 Å². The predicted molar refractivity (Wildman–Crippen MR) is 107 cm³/mol. The van der Waals surface area contributed by atoms with Crippen LogP contribution in [0.5, 0.6) is 0 Å². The van der Waals surface area contributed by atoms with E-state index >= 15 is 0 Å². The van der Waals surface area contributed by atoms with E-state index in [2.05, 4.69) is 20.8 Å². The Morgan fingerprint density at radius 3 is 2.08 bits per heavy atom.